The summed E-state index contributed by atoms with van der Waals surface area (Å²) >= 11 is 1.44. The predicted octanol–water partition coefficient (Wildman–Crippen LogP) is 3.22. The summed E-state index contributed by atoms with van der Waals surface area (Å²) < 4.78 is 1.53. The zero-order valence-electron chi connectivity index (χ0n) is 17.0. The molecule has 2 heterocycles. The molecule has 3 aromatic rings. The van der Waals surface area contributed by atoms with Crippen molar-refractivity contribution < 1.29 is 4.79 Å². The van der Waals surface area contributed by atoms with Crippen molar-refractivity contribution in [3.8, 4) is 5.69 Å². The Balaban J connectivity index is 1.75. The van der Waals surface area contributed by atoms with Gasteiger partial charge in [0.05, 0.1) is 0 Å². The lowest BCUT2D eigenvalue weighted by atomic mass is 10.0. The molecule has 0 fully saturated rings. The van der Waals surface area contributed by atoms with Crippen LogP contribution in [0.3, 0.4) is 0 Å². The van der Waals surface area contributed by atoms with Gasteiger partial charge in [-0.1, -0.05) is 37.7 Å². The van der Waals surface area contributed by atoms with Crippen LogP contribution in [0, 0.1) is 13.8 Å². The first kappa shape index (κ1) is 20.9. The molecule has 0 radical (unpaired) electrons. The Morgan fingerprint density at radius 3 is 2.76 bits per heavy atom. The number of hydrogen-bond acceptors (Lipinski definition) is 5. The van der Waals surface area contributed by atoms with Crippen molar-refractivity contribution in [3.63, 3.8) is 0 Å². The molecular formula is C21H25N5O2S. The Morgan fingerprint density at radius 1 is 1.28 bits per heavy atom. The van der Waals surface area contributed by atoms with Crippen molar-refractivity contribution in [2.24, 2.45) is 0 Å². The van der Waals surface area contributed by atoms with Crippen LogP contribution in [-0.2, 0) is 0 Å². The number of nitrogens with one attached hydrogen (secondary N) is 2. The van der Waals surface area contributed by atoms with Gasteiger partial charge in [0.15, 0.2) is 0 Å². The van der Waals surface area contributed by atoms with Crippen molar-refractivity contribution in [1.29, 1.82) is 0 Å². The van der Waals surface area contributed by atoms with Crippen molar-refractivity contribution in [2.45, 2.75) is 38.8 Å². The normalized spacial score (nSPS) is 11.1. The largest absolute Gasteiger partial charge is 0.351 e. The summed E-state index contributed by atoms with van der Waals surface area (Å²) in [4.78, 5) is 29.9. The number of carbonyl (C=O) groups is 1. The van der Waals surface area contributed by atoms with E-state index in [4.69, 9.17) is 0 Å². The monoisotopic (exact) mass is 411 g/mol. The first-order valence-corrected chi connectivity index (χ1v) is 10.5. The van der Waals surface area contributed by atoms with E-state index in [1.165, 1.54) is 16.3 Å². The zero-order chi connectivity index (χ0) is 21.0. The number of aromatic amines is 1. The van der Waals surface area contributed by atoms with Gasteiger partial charge in [0.25, 0.3) is 11.5 Å². The molecule has 0 aliphatic carbocycles. The summed E-state index contributed by atoms with van der Waals surface area (Å²) in [7, 11) is 0. The second-order valence-electron chi connectivity index (χ2n) is 7.11. The first-order valence-electron chi connectivity index (χ1n) is 9.49. The van der Waals surface area contributed by atoms with E-state index in [2.05, 4.69) is 34.3 Å². The molecule has 0 saturated carbocycles. The quantitative estimate of drug-likeness (QED) is 0.460. The van der Waals surface area contributed by atoms with Gasteiger partial charge in [-0.15, -0.1) is 5.10 Å². The molecule has 0 spiro atoms. The summed E-state index contributed by atoms with van der Waals surface area (Å²) in [6.07, 6.45) is 1.72. The molecule has 0 bridgehead atoms. The Labute approximate surface area is 174 Å². The maximum Gasteiger partial charge on any atom is 0.268 e. The second kappa shape index (κ2) is 9.09. The van der Waals surface area contributed by atoms with Gasteiger partial charge in [0, 0.05) is 24.2 Å². The SMILES string of the molecule is Cc1nc(SCCNC(=O)c2c(C)ccn(-c3cccc(C(C)C)c3)c2=O)n[nH]1. The summed E-state index contributed by atoms with van der Waals surface area (Å²) in [5.41, 5.74) is 2.40. The van der Waals surface area contributed by atoms with E-state index in [0.717, 1.165) is 17.1 Å². The molecule has 2 aromatic heterocycles. The zero-order valence-corrected chi connectivity index (χ0v) is 17.8. The fourth-order valence-electron chi connectivity index (χ4n) is 2.92. The molecule has 152 valence electrons. The molecule has 3 rings (SSSR count). The van der Waals surface area contributed by atoms with Crippen LogP contribution >= 0.6 is 11.8 Å². The average Bonchev–Trinajstić information content (AvgIpc) is 3.10. The first-order chi connectivity index (χ1) is 13.9. The third-order valence-corrected chi connectivity index (χ3v) is 5.39. The molecule has 7 nitrogen and oxygen atoms in total. The van der Waals surface area contributed by atoms with Gasteiger partial charge >= 0.3 is 0 Å². The number of hydrogen-bond donors (Lipinski definition) is 2. The van der Waals surface area contributed by atoms with Crippen molar-refractivity contribution in [1.82, 2.24) is 25.1 Å². The van der Waals surface area contributed by atoms with E-state index in [9.17, 15) is 9.59 Å². The van der Waals surface area contributed by atoms with Crippen molar-refractivity contribution >= 4 is 17.7 Å². The maximum absolute atomic E-state index is 13.0. The van der Waals surface area contributed by atoms with Crippen LogP contribution < -0.4 is 10.9 Å². The molecule has 2 N–H and O–H groups in total. The van der Waals surface area contributed by atoms with Crippen LogP contribution in [0.5, 0.6) is 0 Å². The number of H-pyrrole nitrogens is 1. The Hall–Kier alpha value is -2.87. The Bertz CT molecular complexity index is 1070. The summed E-state index contributed by atoms with van der Waals surface area (Å²) in [5, 5.41) is 10.3. The van der Waals surface area contributed by atoms with Crippen molar-refractivity contribution in [3.05, 3.63) is 69.4 Å². The van der Waals surface area contributed by atoms with Crippen LogP contribution in [0.4, 0.5) is 0 Å². The number of amides is 1. The molecular weight excluding hydrogens is 386 g/mol. The van der Waals surface area contributed by atoms with Gasteiger partial charge in [-0.2, -0.15) is 0 Å². The number of benzene rings is 1. The number of aromatic nitrogens is 4. The molecule has 0 atom stereocenters. The minimum atomic E-state index is -0.367. The second-order valence-corrected chi connectivity index (χ2v) is 8.17. The van der Waals surface area contributed by atoms with Gasteiger partial charge in [0.2, 0.25) is 5.16 Å². The molecule has 0 aliphatic heterocycles. The fraction of sp³-hybridized carbons (Fsp3) is 0.333. The lowest BCUT2D eigenvalue weighted by molar-refractivity contribution is 0.0953. The van der Waals surface area contributed by atoms with Gasteiger partial charge in [-0.05, 0) is 49.1 Å². The van der Waals surface area contributed by atoms with Crippen LogP contribution in [0.2, 0.25) is 0 Å². The van der Waals surface area contributed by atoms with Crippen LogP contribution in [-0.4, -0.2) is 38.0 Å². The van der Waals surface area contributed by atoms with E-state index in [1.54, 1.807) is 19.2 Å². The molecule has 1 aromatic carbocycles. The Kier molecular flexibility index (Phi) is 6.53. The highest BCUT2D eigenvalue weighted by Crippen LogP contribution is 2.18. The van der Waals surface area contributed by atoms with E-state index < -0.39 is 0 Å². The molecule has 1 amide bonds. The third kappa shape index (κ3) is 4.95. The van der Waals surface area contributed by atoms with Crippen LogP contribution in [0.25, 0.3) is 5.69 Å². The topological polar surface area (TPSA) is 92.7 Å². The minimum absolute atomic E-state index is 0.168. The smallest absolute Gasteiger partial charge is 0.268 e. The standard InChI is InChI=1S/C21H25N5O2S/c1-13(2)16-6-5-7-17(12-16)26-10-8-14(3)18(20(26)28)19(27)22-9-11-29-21-23-15(4)24-25-21/h5-8,10,12-13H,9,11H2,1-4H3,(H,22,27)(H,23,24,25). The summed E-state index contributed by atoms with van der Waals surface area (Å²) in [6.45, 7) is 8.23. The number of nitrogens with zero attached hydrogens (tertiary/aromatic N) is 3. The highest BCUT2D eigenvalue weighted by atomic mass is 32.2. The molecule has 29 heavy (non-hydrogen) atoms. The van der Waals surface area contributed by atoms with Gasteiger partial charge in [0.1, 0.15) is 11.4 Å². The van der Waals surface area contributed by atoms with E-state index >= 15 is 0 Å². The number of pyridine rings is 1. The average molecular weight is 412 g/mol. The lowest BCUT2D eigenvalue weighted by Gasteiger charge is -2.13. The van der Waals surface area contributed by atoms with E-state index in [0.29, 0.717) is 28.9 Å². The van der Waals surface area contributed by atoms with E-state index in [-0.39, 0.29) is 17.0 Å². The third-order valence-electron chi connectivity index (χ3n) is 4.54. The molecule has 0 unspecified atom stereocenters. The molecule has 0 saturated heterocycles. The van der Waals surface area contributed by atoms with Gasteiger partial charge < -0.3 is 5.32 Å². The minimum Gasteiger partial charge on any atom is -0.351 e. The highest BCUT2D eigenvalue weighted by Gasteiger charge is 2.16. The fourth-order valence-corrected chi connectivity index (χ4v) is 3.62. The van der Waals surface area contributed by atoms with Crippen LogP contribution in [0.1, 0.15) is 47.1 Å². The van der Waals surface area contributed by atoms with Gasteiger partial charge in [-0.25, -0.2) is 4.98 Å². The number of rotatable bonds is 7. The van der Waals surface area contributed by atoms with Crippen LogP contribution in [0.15, 0.2) is 46.5 Å². The molecule has 0 aliphatic rings. The summed E-state index contributed by atoms with van der Waals surface area (Å²) in [6, 6.07) is 9.62. The van der Waals surface area contributed by atoms with Gasteiger partial charge in [-0.3, -0.25) is 19.3 Å². The van der Waals surface area contributed by atoms with Crippen molar-refractivity contribution in [2.75, 3.05) is 12.3 Å². The molecule has 8 heteroatoms. The lowest BCUT2D eigenvalue weighted by Crippen LogP contribution is -2.34. The number of thioether (sulfide) groups is 1. The maximum atomic E-state index is 13.0. The number of aryl methyl sites for hydroxylation is 2. The highest BCUT2D eigenvalue weighted by molar-refractivity contribution is 7.99. The predicted molar refractivity (Wildman–Crippen MR) is 115 cm³/mol. The Morgan fingerprint density at radius 2 is 2.07 bits per heavy atom. The summed E-state index contributed by atoms with van der Waals surface area (Å²) in [5.74, 6) is 1.34. The number of carbonyl (C=O) groups excluding carboxylic acids is 1. The van der Waals surface area contributed by atoms with E-state index in [1.807, 2.05) is 31.2 Å².